The Balaban J connectivity index is 1.64. The van der Waals surface area contributed by atoms with Gasteiger partial charge in [-0.15, -0.1) is 0 Å². The number of amides is 1. The van der Waals surface area contributed by atoms with Gasteiger partial charge in [0.05, 0.1) is 43.8 Å². The zero-order valence-corrected chi connectivity index (χ0v) is 18.0. The van der Waals surface area contributed by atoms with Crippen molar-refractivity contribution < 1.29 is 9.53 Å². The molecule has 0 bridgehead atoms. The van der Waals surface area contributed by atoms with Gasteiger partial charge in [-0.2, -0.15) is 10.2 Å². The minimum Gasteiger partial charge on any atom is -0.502 e. The van der Waals surface area contributed by atoms with Crippen LogP contribution in [0.2, 0.25) is 0 Å². The number of hydrogen-bond donors (Lipinski definition) is 2. The van der Waals surface area contributed by atoms with E-state index < -0.39 is 0 Å². The molecule has 0 unspecified atom stereocenters. The van der Waals surface area contributed by atoms with Crippen LogP contribution in [0.15, 0.2) is 53.7 Å². The van der Waals surface area contributed by atoms with Crippen LogP contribution in [0.3, 0.4) is 0 Å². The fraction of sp³-hybridized carbons (Fsp3) is 0.286. The fourth-order valence-electron chi connectivity index (χ4n) is 2.72. The zero-order valence-electron chi connectivity index (χ0n) is 18.0. The molecule has 2 N–H and O–H groups in total. The van der Waals surface area contributed by atoms with Crippen molar-refractivity contribution >= 4 is 34.7 Å². The summed E-state index contributed by atoms with van der Waals surface area (Å²) in [5.74, 6) is 1.31. The number of carbonyl (C=O) groups excluding carboxylic acids is 1. The van der Waals surface area contributed by atoms with Gasteiger partial charge in [0.15, 0.2) is 11.5 Å². The van der Waals surface area contributed by atoms with E-state index in [1.807, 2.05) is 56.3 Å². The van der Waals surface area contributed by atoms with Crippen LogP contribution in [0.25, 0.3) is 11.0 Å². The summed E-state index contributed by atoms with van der Waals surface area (Å²) in [6.07, 6.45) is 6.77. The molecule has 0 atom stereocenters. The van der Waals surface area contributed by atoms with E-state index in [1.54, 1.807) is 24.2 Å². The number of anilines is 2. The van der Waals surface area contributed by atoms with E-state index in [2.05, 4.69) is 30.9 Å². The predicted molar refractivity (Wildman–Crippen MR) is 121 cm³/mol. The summed E-state index contributed by atoms with van der Waals surface area (Å²) in [4.78, 5) is 22.2. The molecule has 0 aliphatic heterocycles. The van der Waals surface area contributed by atoms with Gasteiger partial charge in [-0.1, -0.05) is 12.1 Å². The number of rotatable bonds is 9. The van der Waals surface area contributed by atoms with Gasteiger partial charge in [0.25, 0.3) is 0 Å². The highest BCUT2D eigenvalue weighted by Crippen LogP contribution is 2.18. The Morgan fingerprint density at radius 3 is 2.74 bits per heavy atom. The second-order valence-electron chi connectivity index (χ2n) is 7.08. The number of allylic oxidation sites excluding steroid dienone is 2. The standard InChI is InChI=1S/C21H26N8O2/c1-15(31-4)9-10-29-21-18(12-25-29)20(22-14-23-21)27-24-11-16-5-7-17(8-6-16)26-19(30)13-28(2)3/h5-9,11-12,14H,10,13H2,1-4H3,(H,26,30)(H,22,23,27)/b15-9+,24-11+. The molecule has 2 heterocycles. The molecule has 0 aliphatic rings. The quantitative estimate of drug-likeness (QED) is 0.309. The monoisotopic (exact) mass is 422 g/mol. The molecule has 2 aromatic heterocycles. The van der Waals surface area contributed by atoms with E-state index in [0.29, 0.717) is 24.6 Å². The third-order valence-electron chi connectivity index (χ3n) is 4.35. The number of ether oxygens (including phenoxy) is 1. The normalized spacial score (nSPS) is 12.0. The summed E-state index contributed by atoms with van der Waals surface area (Å²) >= 11 is 0. The Bertz CT molecular complexity index is 1090. The van der Waals surface area contributed by atoms with Crippen molar-refractivity contribution in [2.24, 2.45) is 5.10 Å². The minimum atomic E-state index is -0.0609. The Hall–Kier alpha value is -3.79. The molecule has 1 aromatic carbocycles. The maximum absolute atomic E-state index is 11.8. The Morgan fingerprint density at radius 2 is 2.03 bits per heavy atom. The summed E-state index contributed by atoms with van der Waals surface area (Å²) in [6, 6.07) is 7.40. The zero-order chi connectivity index (χ0) is 22.2. The molecule has 0 radical (unpaired) electrons. The summed E-state index contributed by atoms with van der Waals surface area (Å²) in [5, 5.41) is 12.2. The van der Waals surface area contributed by atoms with Crippen LogP contribution in [0.4, 0.5) is 11.5 Å². The summed E-state index contributed by atoms with van der Waals surface area (Å²) < 4.78 is 6.92. The van der Waals surface area contributed by atoms with Crippen molar-refractivity contribution in [2.75, 3.05) is 38.5 Å². The smallest absolute Gasteiger partial charge is 0.238 e. The lowest BCUT2D eigenvalue weighted by Crippen LogP contribution is -2.27. The largest absolute Gasteiger partial charge is 0.502 e. The van der Waals surface area contributed by atoms with Gasteiger partial charge in [-0.3, -0.25) is 10.2 Å². The first kappa shape index (κ1) is 21.9. The maximum Gasteiger partial charge on any atom is 0.238 e. The van der Waals surface area contributed by atoms with Crippen LogP contribution in [0, 0.1) is 0 Å². The third-order valence-corrected chi connectivity index (χ3v) is 4.35. The van der Waals surface area contributed by atoms with Crippen LogP contribution in [0.5, 0.6) is 0 Å². The molecule has 3 rings (SSSR count). The van der Waals surface area contributed by atoms with E-state index >= 15 is 0 Å². The fourth-order valence-corrected chi connectivity index (χ4v) is 2.72. The van der Waals surface area contributed by atoms with E-state index in [0.717, 1.165) is 22.4 Å². The highest BCUT2D eigenvalue weighted by molar-refractivity contribution is 5.93. The van der Waals surface area contributed by atoms with Crippen molar-refractivity contribution in [2.45, 2.75) is 13.5 Å². The van der Waals surface area contributed by atoms with E-state index in [4.69, 9.17) is 4.74 Å². The molecular weight excluding hydrogens is 396 g/mol. The second-order valence-corrected chi connectivity index (χ2v) is 7.08. The molecule has 0 saturated heterocycles. The second kappa shape index (κ2) is 10.3. The van der Waals surface area contributed by atoms with Crippen molar-refractivity contribution in [3.63, 3.8) is 0 Å². The number of nitrogens with one attached hydrogen (secondary N) is 2. The van der Waals surface area contributed by atoms with Gasteiger partial charge in [0.1, 0.15) is 6.33 Å². The summed E-state index contributed by atoms with van der Waals surface area (Å²) in [6.45, 7) is 2.76. The van der Waals surface area contributed by atoms with Crippen LogP contribution in [-0.4, -0.2) is 64.5 Å². The predicted octanol–water partition coefficient (Wildman–Crippen LogP) is 2.32. The molecule has 0 aliphatic carbocycles. The van der Waals surface area contributed by atoms with E-state index in [9.17, 15) is 4.79 Å². The average Bonchev–Trinajstić information content (AvgIpc) is 3.16. The van der Waals surface area contributed by atoms with E-state index in [-0.39, 0.29) is 5.91 Å². The molecular formula is C21H26N8O2. The Morgan fingerprint density at radius 1 is 1.26 bits per heavy atom. The van der Waals surface area contributed by atoms with Gasteiger partial charge >= 0.3 is 0 Å². The highest BCUT2D eigenvalue weighted by Gasteiger charge is 2.08. The van der Waals surface area contributed by atoms with E-state index in [1.165, 1.54) is 6.33 Å². The molecule has 0 saturated carbocycles. The van der Waals surface area contributed by atoms with Gasteiger partial charge in [-0.05, 0) is 44.8 Å². The molecule has 3 aromatic rings. The van der Waals surface area contributed by atoms with Crippen molar-refractivity contribution in [1.82, 2.24) is 24.6 Å². The minimum absolute atomic E-state index is 0.0609. The van der Waals surface area contributed by atoms with Crippen LogP contribution in [0.1, 0.15) is 12.5 Å². The van der Waals surface area contributed by atoms with Crippen LogP contribution < -0.4 is 10.7 Å². The van der Waals surface area contributed by atoms with Gasteiger partial charge in [0.2, 0.25) is 5.91 Å². The van der Waals surface area contributed by atoms with Crippen molar-refractivity contribution in [1.29, 1.82) is 0 Å². The first-order valence-electron chi connectivity index (χ1n) is 9.67. The lowest BCUT2D eigenvalue weighted by molar-refractivity contribution is -0.116. The number of hydrogen-bond acceptors (Lipinski definition) is 8. The number of hydrazone groups is 1. The molecule has 10 heteroatoms. The van der Waals surface area contributed by atoms with Gasteiger partial charge in [-0.25, -0.2) is 14.6 Å². The topological polar surface area (TPSA) is 110 Å². The number of aromatic nitrogens is 4. The molecule has 31 heavy (non-hydrogen) atoms. The first-order chi connectivity index (χ1) is 15.0. The van der Waals surface area contributed by atoms with Crippen LogP contribution in [-0.2, 0) is 16.1 Å². The lowest BCUT2D eigenvalue weighted by Gasteiger charge is -2.10. The molecule has 0 spiro atoms. The van der Waals surface area contributed by atoms with Crippen molar-refractivity contribution in [3.8, 4) is 0 Å². The SMILES string of the molecule is CO/C(C)=C/Cn1ncc2c(N/N=C/c3ccc(NC(=O)CN(C)C)cc3)ncnc21. The number of benzene rings is 1. The molecule has 0 fully saturated rings. The third kappa shape index (κ3) is 6.09. The highest BCUT2D eigenvalue weighted by atomic mass is 16.5. The van der Waals surface area contributed by atoms with Gasteiger partial charge in [0, 0.05) is 5.69 Å². The number of nitrogens with zero attached hydrogens (tertiary/aromatic N) is 6. The molecule has 10 nitrogen and oxygen atoms in total. The number of carbonyl (C=O) groups is 1. The maximum atomic E-state index is 11.8. The molecule has 162 valence electrons. The van der Waals surface area contributed by atoms with Crippen LogP contribution >= 0.6 is 0 Å². The Kier molecular flexibility index (Phi) is 7.28. The average molecular weight is 422 g/mol. The first-order valence-corrected chi connectivity index (χ1v) is 9.67. The number of likely N-dealkylation sites (N-methyl/N-ethyl adjacent to an activating group) is 1. The summed E-state index contributed by atoms with van der Waals surface area (Å²) in [7, 11) is 5.33. The summed E-state index contributed by atoms with van der Waals surface area (Å²) in [5.41, 5.74) is 5.25. The van der Waals surface area contributed by atoms with Crippen molar-refractivity contribution in [3.05, 3.63) is 54.2 Å². The van der Waals surface area contributed by atoms with Gasteiger partial charge < -0.3 is 15.0 Å². The Labute approximate surface area is 180 Å². The lowest BCUT2D eigenvalue weighted by atomic mass is 10.2. The number of methoxy groups -OCH3 is 1. The molecule has 1 amide bonds. The number of fused-ring (bicyclic) bond motifs is 1.